The first kappa shape index (κ1) is 20.4. The Morgan fingerprint density at radius 3 is 2.61 bits per heavy atom. The number of anilines is 1. The second-order valence-electron chi connectivity index (χ2n) is 5.72. The number of primary sulfonamides is 1. The average molecular weight is 447 g/mol. The van der Waals surface area contributed by atoms with E-state index in [0.717, 1.165) is 12.1 Å². The predicted octanol–water partition coefficient (Wildman–Crippen LogP) is -0.481. The minimum absolute atomic E-state index is 0.0378. The van der Waals surface area contributed by atoms with Crippen LogP contribution in [0.15, 0.2) is 46.2 Å². The molecule has 0 saturated heterocycles. The van der Waals surface area contributed by atoms with Crippen molar-refractivity contribution < 1.29 is 31.5 Å². The fourth-order valence-corrected chi connectivity index (χ4v) is 5.10. The average Bonchev–Trinajstić information content (AvgIpc) is 2.57. The van der Waals surface area contributed by atoms with E-state index in [2.05, 4.69) is 10.0 Å². The van der Waals surface area contributed by atoms with Gasteiger partial charge in [0.05, 0.1) is 16.7 Å². The highest BCUT2D eigenvalue weighted by Crippen LogP contribution is 2.38. The number of carboxylic acids is 1. The molecule has 10 nitrogen and oxygen atoms in total. The number of nitrogens with two attached hydrogens (primary N) is 1. The Labute approximate surface area is 165 Å². The van der Waals surface area contributed by atoms with Crippen LogP contribution < -0.4 is 25.0 Å². The third-order valence-corrected chi connectivity index (χ3v) is 6.62. The van der Waals surface area contributed by atoms with Crippen LogP contribution in [0.1, 0.15) is 11.7 Å². The maximum absolute atomic E-state index is 12.6. The van der Waals surface area contributed by atoms with Crippen LogP contribution >= 0.6 is 11.6 Å². The van der Waals surface area contributed by atoms with Crippen molar-refractivity contribution in [3.63, 3.8) is 0 Å². The molecule has 1 atom stereocenters. The van der Waals surface area contributed by atoms with Crippen LogP contribution in [0, 0.1) is 0 Å². The lowest BCUT2D eigenvalue weighted by atomic mass is 10.1. The van der Waals surface area contributed by atoms with Crippen molar-refractivity contribution in [3.05, 3.63) is 47.0 Å². The Kier molecular flexibility index (Phi) is 5.25. The molecule has 1 aliphatic heterocycles. The summed E-state index contributed by atoms with van der Waals surface area (Å²) in [5.41, 5.74) is 0.334. The van der Waals surface area contributed by atoms with Gasteiger partial charge in [0.1, 0.15) is 28.3 Å². The minimum atomic E-state index is -4.24. The van der Waals surface area contributed by atoms with Gasteiger partial charge in [0.2, 0.25) is 20.0 Å². The fraction of sp³-hybridized carbons (Fsp3) is 0.133. The number of fused-ring (bicyclic) bond motifs is 1. The molecule has 0 aromatic heterocycles. The Balaban J connectivity index is 2.06. The summed E-state index contributed by atoms with van der Waals surface area (Å²) < 4.78 is 56.0. The molecule has 0 fully saturated rings. The summed E-state index contributed by atoms with van der Waals surface area (Å²) in [6.07, 6.45) is -1.04. The topological polar surface area (TPSA) is 168 Å². The summed E-state index contributed by atoms with van der Waals surface area (Å²) in [7, 11) is -8.40. The van der Waals surface area contributed by atoms with Crippen molar-refractivity contribution in [2.24, 2.45) is 5.14 Å². The van der Waals surface area contributed by atoms with E-state index in [1.165, 1.54) is 12.1 Å². The Bertz CT molecular complexity index is 1170. The minimum Gasteiger partial charge on any atom is -0.546 e. The predicted molar refractivity (Wildman–Crippen MR) is 96.5 cm³/mol. The third kappa shape index (κ3) is 4.05. The maximum Gasteiger partial charge on any atom is 0.244 e. The molecule has 3 rings (SSSR count). The molecule has 2 aromatic rings. The molecule has 4 N–H and O–H groups in total. The number of ether oxygens (including phenoxy) is 1. The number of aliphatic carboxylic acids is 1. The molecule has 1 heterocycles. The number of rotatable bonds is 5. The quantitative estimate of drug-likeness (QED) is 0.553. The number of carbonyl (C=O) groups is 1. The fourth-order valence-electron chi connectivity index (χ4n) is 2.62. The molecule has 28 heavy (non-hydrogen) atoms. The van der Waals surface area contributed by atoms with Gasteiger partial charge in [-0.2, -0.15) is 4.72 Å². The number of para-hydroxylation sites is 1. The lowest BCUT2D eigenvalue weighted by Crippen LogP contribution is -2.39. The molecule has 0 spiro atoms. The summed E-state index contributed by atoms with van der Waals surface area (Å²) >= 11 is 5.94. The number of carbonyl (C=O) groups excluding carboxylic acids is 1. The van der Waals surface area contributed by atoms with Crippen LogP contribution in [-0.4, -0.2) is 29.4 Å². The van der Waals surface area contributed by atoms with Crippen LogP contribution in [0.25, 0.3) is 0 Å². The van der Waals surface area contributed by atoms with E-state index in [1.807, 2.05) is 0 Å². The van der Waals surface area contributed by atoms with Crippen molar-refractivity contribution in [1.29, 1.82) is 0 Å². The van der Waals surface area contributed by atoms with Crippen molar-refractivity contribution in [2.75, 3.05) is 11.9 Å². The zero-order valence-corrected chi connectivity index (χ0v) is 16.3. The lowest BCUT2D eigenvalue weighted by Gasteiger charge is -2.30. The molecule has 2 aromatic carbocycles. The van der Waals surface area contributed by atoms with Gasteiger partial charge >= 0.3 is 0 Å². The first-order chi connectivity index (χ1) is 13.0. The molecule has 1 aliphatic rings. The van der Waals surface area contributed by atoms with Crippen molar-refractivity contribution in [2.45, 2.75) is 16.0 Å². The van der Waals surface area contributed by atoms with Crippen LogP contribution in [0.3, 0.4) is 0 Å². The smallest absolute Gasteiger partial charge is 0.244 e. The third-order valence-electron chi connectivity index (χ3n) is 3.78. The maximum atomic E-state index is 12.6. The second kappa shape index (κ2) is 7.22. The van der Waals surface area contributed by atoms with Crippen molar-refractivity contribution in [1.82, 2.24) is 4.72 Å². The highest BCUT2D eigenvalue weighted by atomic mass is 35.5. The van der Waals surface area contributed by atoms with Gasteiger partial charge in [-0.25, -0.2) is 22.0 Å². The number of hydrogen-bond acceptors (Lipinski definition) is 8. The van der Waals surface area contributed by atoms with E-state index in [9.17, 15) is 26.7 Å². The van der Waals surface area contributed by atoms with E-state index in [4.69, 9.17) is 21.5 Å². The second-order valence-corrected chi connectivity index (χ2v) is 9.34. The van der Waals surface area contributed by atoms with Gasteiger partial charge in [-0.3, -0.25) is 0 Å². The van der Waals surface area contributed by atoms with Crippen molar-refractivity contribution in [3.8, 4) is 5.75 Å². The van der Waals surface area contributed by atoms with Crippen LogP contribution in [-0.2, 0) is 24.8 Å². The van der Waals surface area contributed by atoms with E-state index >= 15 is 0 Å². The Morgan fingerprint density at radius 1 is 1.29 bits per heavy atom. The molecule has 150 valence electrons. The van der Waals surface area contributed by atoms with Gasteiger partial charge in [-0.15, -0.1) is 0 Å². The normalized spacial score (nSPS) is 18.0. The molecule has 0 bridgehead atoms. The first-order valence-corrected chi connectivity index (χ1v) is 11.0. The summed E-state index contributed by atoms with van der Waals surface area (Å²) in [5.74, 6) is -1.33. The van der Waals surface area contributed by atoms with Gasteiger partial charge in [0.25, 0.3) is 0 Å². The van der Waals surface area contributed by atoms with Gasteiger partial charge in [0, 0.05) is 5.56 Å². The number of nitrogens with one attached hydrogen (secondary N) is 2. The van der Waals surface area contributed by atoms with Crippen LogP contribution in [0.5, 0.6) is 5.75 Å². The highest BCUT2D eigenvalue weighted by Gasteiger charge is 2.33. The number of hydrogen-bond donors (Lipinski definition) is 3. The SMILES string of the molecule is NS(=O)(=O)c1cc2c(cc1Cl)N[C@@H](c1ccccc1OCC(=O)[O-])NS2(=O)=O. The van der Waals surface area contributed by atoms with Gasteiger partial charge in [-0.05, 0) is 18.2 Å². The molecular formula is C15H13ClN3O7S2-. The molecule has 13 heteroatoms. The van der Waals surface area contributed by atoms with Crippen molar-refractivity contribution >= 4 is 43.3 Å². The number of sulfonamides is 2. The highest BCUT2D eigenvalue weighted by molar-refractivity contribution is 7.90. The van der Waals surface area contributed by atoms with E-state index in [-0.39, 0.29) is 21.4 Å². The van der Waals surface area contributed by atoms with E-state index in [0.29, 0.717) is 5.56 Å². The zero-order chi connectivity index (χ0) is 20.7. The molecule has 0 saturated carbocycles. The standard InChI is InChI=1S/C15H14ClN3O7S2/c16-9-5-10-13(6-12(9)27(17,22)23)28(24,25)19-15(18-10)8-3-1-2-4-11(8)26-7-14(20)21/h1-6,15,18-19H,7H2,(H,20,21)(H2,17,22,23)/p-1/t15-/m1/s1. The molecular weight excluding hydrogens is 434 g/mol. The monoisotopic (exact) mass is 446 g/mol. The molecule has 0 aliphatic carbocycles. The number of benzene rings is 2. The van der Waals surface area contributed by atoms with Gasteiger partial charge < -0.3 is 20.0 Å². The zero-order valence-electron chi connectivity index (χ0n) is 13.9. The lowest BCUT2D eigenvalue weighted by molar-refractivity contribution is -0.307. The van der Waals surface area contributed by atoms with E-state index in [1.54, 1.807) is 12.1 Å². The summed E-state index contributed by atoms with van der Waals surface area (Å²) in [4.78, 5) is 9.75. The van der Waals surface area contributed by atoms with E-state index < -0.39 is 43.7 Å². The Hall–Kier alpha value is -2.38. The molecule has 0 radical (unpaired) electrons. The Morgan fingerprint density at radius 2 is 1.96 bits per heavy atom. The van der Waals surface area contributed by atoms with Gasteiger partial charge in [0.15, 0.2) is 0 Å². The van der Waals surface area contributed by atoms with Crippen LogP contribution in [0.4, 0.5) is 5.69 Å². The molecule has 0 amide bonds. The first-order valence-electron chi connectivity index (χ1n) is 7.56. The summed E-state index contributed by atoms with van der Waals surface area (Å²) in [6, 6.07) is 8.15. The largest absolute Gasteiger partial charge is 0.546 e. The number of carboxylic acid groups (broad SMARTS) is 1. The summed E-state index contributed by atoms with van der Waals surface area (Å²) in [5, 5.41) is 18.3. The van der Waals surface area contributed by atoms with Gasteiger partial charge in [-0.1, -0.05) is 29.8 Å². The molecule has 0 unspecified atom stereocenters. The number of halogens is 1. The summed E-state index contributed by atoms with van der Waals surface area (Å²) in [6.45, 7) is -0.726. The van der Waals surface area contributed by atoms with Crippen LogP contribution in [0.2, 0.25) is 5.02 Å².